The Bertz CT molecular complexity index is 5350. The SMILES string of the molecule is CC1(C)c2cc(-c3ccc(N(c4ccc(Br)cc4)c4ccc(Br)cc4)cc3)cc(F)c2C(C)(C)C1(C)C.CC1(C)c2cc(-c3ccc(N(c4ccc(Br)cc4)c4ccc(Br)cc4)cc3)cc3c2C(C)(C1(C)C)C(C)(C)C3(C)C.FC1(F)OC(F)(F)c2cc(-c3ccc(N(c4ccc(Br)cc4)c4ccc(Br)cc4)cc3)ccc21. The number of rotatable bonds is 12. The predicted octanol–water partition coefficient (Wildman–Crippen LogP) is 32.8. The van der Waals surface area contributed by atoms with E-state index in [0.29, 0.717) is 11.1 Å². The molecule has 574 valence electrons. The lowest BCUT2D eigenvalue weighted by Gasteiger charge is -2.56. The van der Waals surface area contributed by atoms with Crippen molar-refractivity contribution in [2.45, 2.75) is 143 Å². The zero-order chi connectivity index (χ0) is 80.6. The Hall–Kier alpha value is -7.47. The Kier molecular flexibility index (Phi) is 21.3. The van der Waals surface area contributed by atoms with Gasteiger partial charge in [-0.15, -0.1) is 0 Å². The van der Waals surface area contributed by atoms with Crippen LogP contribution in [0.1, 0.15) is 143 Å². The molecule has 112 heavy (non-hydrogen) atoms. The number of benzene rings is 12. The number of anilines is 9. The van der Waals surface area contributed by atoms with Gasteiger partial charge in [-0.05, 0) is 299 Å². The van der Waals surface area contributed by atoms with E-state index in [0.717, 1.165) is 112 Å². The maximum atomic E-state index is 15.7. The van der Waals surface area contributed by atoms with Crippen LogP contribution < -0.4 is 14.7 Å². The third kappa shape index (κ3) is 13.7. The molecule has 0 saturated heterocycles. The molecule has 3 aliphatic carbocycles. The number of ether oxygens (including phenoxy) is 1. The van der Waals surface area contributed by atoms with Gasteiger partial charge in [0, 0.05) is 83.4 Å². The molecule has 12 aromatic rings. The third-order valence-corrected chi connectivity index (χ3v) is 30.1. The standard InChI is InChI=1S/C38H41Br2N.C33H32Br2FN.C26H15Br2F4NO/c1-34(2)31-22-25(23-32-33(31)38(9,36(34,5)6)37(7,8)35(32,3)4)24-10-16-28(17-11-24)41(29-18-12-26(39)13-19-29)30-20-14-27(40)15-21-30;1-31(2)28-19-22(20-29(36)30(28)32(3,4)33(31,5)6)21-7-13-25(14-8-21)37(26-15-9-23(34)10-16-26)27-17-11-24(35)12-18-27;27-18-4-10-21(11-5-18)33(22-12-6-19(28)7-13-22)20-8-1-16(2-9-20)17-3-14-23-24(15-17)26(31,32)34-25(23,29)30/h10-23H,1-9H3;7-20H,1-6H3;1-15H. The van der Waals surface area contributed by atoms with Crippen molar-refractivity contribution in [1.29, 1.82) is 0 Å². The highest BCUT2D eigenvalue weighted by Crippen LogP contribution is 2.76. The van der Waals surface area contributed by atoms with Crippen LogP contribution in [0.25, 0.3) is 33.4 Å². The van der Waals surface area contributed by atoms with E-state index < -0.39 is 23.3 Å². The lowest BCUT2D eigenvalue weighted by Crippen LogP contribution is -2.54. The maximum Gasteiger partial charge on any atom is 0.388 e. The Morgan fingerprint density at radius 3 is 0.750 bits per heavy atom. The van der Waals surface area contributed by atoms with Crippen molar-refractivity contribution < 1.29 is 26.7 Å². The van der Waals surface area contributed by atoms with Crippen molar-refractivity contribution in [3.8, 4) is 33.4 Å². The smallest absolute Gasteiger partial charge is 0.311 e. The zero-order valence-electron chi connectivity index (χ0n) is 65.2. The molecular formula is C97H88Br6F5N3O. The molecule has 0 aromatic heterocycles. The molecule has 0 fully saturated rings. The fourth-order valence-electron chi connectivity index (χ4n) is 17.8. The summed E-state index contributed by atoms with van der Waals surface area (Å²) >= 11 is 21.2. The number of fused-ring (bicyclic) bond motifs is 2. The molecule has 0 N–H and O–H groups in total. The summed E-state index contributed by atoms with van der Waals surface area (Å²) in [5.41, 5.74) is 19.8. The van der Waals surface area contributed by atoms with E-state index in [2.05, 4.69) is 353 Å². The summed E-state index contributed by atoms with van der Waals surface area (Å²) < 4.78 is 81.1. The van der Waals surface area contributed by atoms with Gasteiger partial charge in [0.05, 0.1) is 11.1 Å². The van der Waals surface area contributed by atoms with Crippen molar-refractivity contribution in [2.75, 3.05) is 14.7 Å². The Labute approximate surface area is 707 Å². The first-order valence-electron chi connectivity index (χ1n) is 37.4. The highest BCUT2D eigenvalue weighted by atomic mass is 79.9. The highest BCUT2D eigenvalue weighted by Gasteiger charge is 2.72. The maximum absolute atomic E-state index is 15.7. The molecule has 4 aliphatic rings. The molecule has 1 heterocycles. The Morgan fingerprint density at radius 1 is 0.232 bits per heavy atom. The minimum Gasteiger partial charge on any atom is -0.311 e. The summed E-state index contributed by atoms with van der Waals surface area (Å²) in [6.07, 6.45) is -8.06. The van der Waals surface area contributed by atoms with Gasteiger partial charge in [0.25, 0.3) is 0 Å². The Morgan fingerprint density at radius 2 is 0.455 bits per heavy atom. The Balaban J connectivity index is 0.000000140. The van der Waals surface area contributed by atoms with E-state index in [1.807, 2.05) is 89.8 Å². The van der Waals surface area contributed by atoms with Crippen molar-refractivity contribution >= 4 is 147 Å². The van der Waals surface area contributed by atoms with Crippen LogP contribution in [0.15, 0.2) is 288 Å². The van der Waals surface area contributed by atoms with Gasteiger partial charge in [0.1, 0.15) is 5.82 Å². The fourth-order valence-corrected chi connectivity index (χ4v) is 19.4. The first kappa shape index (κ1) is 81.1. The highest BCUT2D eigenvalue weighted by molar-refractivity contribution is 9.11. The number of hydrogen-bond donors (Lipinski definition) is 0. The second-order valence-electron chi connectivity index (χ2n) is 33.7. The van der Waals surface area contributed by atoms with Gasteiger partial charge >= 0.3 is 12.2 Å². The first-order chi connectivity index (χ1) is 52.5. The van der Waals surface area contributed by atoms with Crippen molar-refractivity contribution in [3.63, 3.8) is 0 Å². The molecule has 15 heteroatoms. The van der Waals surface area contributed by atoms with E-state index in [9.17, 15) is 17.6 Å². The van der Waals surface area contributed by atoms with Crippen molar-refractivity contribution in [1.82, 2.24) is 0 Å². The van der Waals surface area contributed by atoms with Gasteiger partial charge in [-0.25, -0.2) is 9.13 Å². The second kappa shape index (κ2) is 29.4. The monoisotopic (exact) mass is 1880 g/mol. The molecule has 16 rings (SSSR count). The molecule has 0 saturated carbocycles. The second-order valence-corrected chi connectivity index (χ2v) is 39.2. The first-order valence-corrected chi connectivity index (χ1v) is 42.2. The van der Waals surface area contributed by atoms with Crippen molar-refractivity contribution in [3.05, 3.63) is 332 Å². The van der Waals surface area contributed by atoms with Crippen LogP contribution in [0.4, 0.5) is 73.1 Å². The molecule has 0 spiro atoms. The quantitative estimate of drug-likeness (QED) is 0.113. The van der Waals surface area contributed by atoms with E-state index in [-0.39, 0.29) is 49.1 Å². The summed E-state index contributed by atoms with van der Waals surface area (Å²) in [6.45, 7) is 35.8. The van der Waals surface area contributed by atoms with Crippen molar-refractivity contribution in [2.24, 2.45) is 16.2 Å². The van der Waals surface area contributed by atoms with Gasteiger partial charge < -0.3 is 14.7 Å². The van der Waals surface area contributed by atoms with E-state index >= 15 is 4.39 Å². The molecule has 0 unspecified atom stereocenters. The van der Waals surface area contributed by atoms with Crippen LogP contribution in [-0.4, -0.2) is 0 Å². The summed E-state index contributed by atoms with van der Waals surface area (Å²) in [6, 6.07) is 86.5. The predicted molar refractivity (Wildman–Crippen MR) is 476 cm³/mol. The lowest BCUT2D eigenvalue weighted by atomic mass is 9.47. The number of alkyl halides is 4. The van der Waals surface area contributed by atoms with Gasteiger partial charge in [-0.2, -0.15) is 17.6 Å². The molecule has 0 amide bonds. The van der Waals surface area contributed by atoms with Crippen LogP contribution in [0, 0.1) is 22.1 Å². The van der Waals surface area contributed by atoms with Crippen LogP contribution in [0.3, 0.4) is 0 Å². The molecular weight excluding hydrogens is 1800 g/mol. The fraction of sp³-hybridized carbons (Fsp3) is 0.258. The van der Waals surface area contributed by atoms with Crippen LogP contribution in [-0.2, 0) is 44.0 Å². The van der Waals surface area contributed by atoms with E-state index in [1.165, 1.54) is 28.3 Å². The van der Waals surface area contributed by atoms with Crippen LogP contribution in [0.2, 0.25) is 0 Å². The summed E-state index contributed by atoms with van der Waals surface area (Å²) in [4.78, 5) is 6.58. The van der Waals surface area contributed by atoms with E-state index in [4.69, 9.17) is 0 Å². The minimum atomic E-state index is -4.05. The van der Waals surface area contributed by atoms with Crippen LogP contribution in [0.5, 0.6) is 0 Å². The van der Waals surface area contributed by atoms with E-state index in [1.54, 1.807) is 23.8 Å². The lowest BCUT2D eigenvalue weighted by molar-refractivity contribution is -0.369. The average molecular weight is 1890 g/mol. The summed E-state index contributed by atoms with van der Waals surface area (Å²) in [7, 11) is 0. The largest absolute Gasteiger partial charge is 0.388 e. The normalized spacial score (nSPS) is 17.7. The molecule has 0 atom stereocenters. The van der Waals surface area contributed by atoms with Gasteiger partial charge in [-0.3, -0.25) is 0 Å². The molecule has 1 aliphatic heterocycles. The number of nitrogens with zero attached hydrogens (tertiary/aromatic N) is 3. The number of halogens is 11. The van der Waals surface area contributed by atoms with Crippen LogP contribution >= 0.6 is 95.6 Å². The van der Waals surface area contributed by atoms with Gasteiger partial charge in [-0.1, -0.05) is 260 Å². The number of hydrogen-bond acceptors (Lipinski definition) is 4. The molecule has 0 bridgehead atoms. The summed E-state index contributed by atoms with van der Waals surface area (Å²) in [5.74, 6) is -0.105. The summed E-state index contributed by atoms with van der Waals surface area (Å²) in [5, 5.41) is 0. The minimum absolute atomic E-state index is 0.0650. The zero-order valence-corrected chi connectivity index (χ0v) is 74.7. The van der Waals surface area contributed by atoms with Gasteiger partial charge in [0.2, 0.25) is 0 Å². The molecule has 4 nitrogen and oxygen atoms in total. The molecule has 12 aromatic carbocycles. The topological polar surface area (TPSA) is 19.0 Å². The average Bonchev–Trinajstić information content (AvgIpc) is 1.47. The molecule has 0 radical (unpaired) electrons. The third-order valence-electron chi connectivity index (χ3n) is 26.9. The van der Waals surface area contributed by atoms with Gasteiger partial charge in [0.15, 0.2) is 0 Å².